The molecule has 1 saturated heterocycles. The van der Waals surface area contributed by atoms with E-state index in [1.165, 1.54) is 4.90 Å². The van der Waals surface area contributed by atoms with Crippen LogP contribution in [-0.4, -0.2) is 28.8 Å². The first kappa shape index (κ1) is 14.8. The predicted octanol–water partition coefficient (Wildman–Crippen LogP) is 1.99. The number of nitrogens with zero attached hydrogens (tertiary/aromatic N) is 1. The summed E-state index contributed by atoms with van der Waals surface area (Å²) in [4.78, 5) is 25.8. The van der Waals surface area contributed by atoms with Gasteiger partial charge in [0, 0.05) is 6.04 Å². The Morgan fingerprint density at radius 2 is 2.05 bits per heavy atom. The van der Waals surface area contributed by atoms with Gasteiger partial charge in [0.05, 0.1) is 19.0 Å². The van der Waals surface area contributed by atoms with Crippen LogP contribution in [0, 0.1) is 6.92 Å². The number of furan rings is 1. The topological polar surface area (TPSA) is 62.6 Å². The Kier molecular flexibility index (Phi) is 4.60. The lowest BCUT2D eigenvalue weighted by molar-refractivity contribution is -0.141. The predicted molar refractivity (Wildman–Crippen MR) is 74.9 cm³/mol. The van der Waals surface area contributed by atoms with Gasteiger partial charge in [-0.25, -0.2) is 0 Å². The summed E-state index contributed by atoms with van der Waals surface area (Å²) in [6.45, 7) is 6.35. The molecule has 1 atom stereocenters. The van der Waals surface area contributed by atoms with Crippen molar-refractivity contribution in [3.63, 3.8) is 0 Å². The highest BCUT2D eigenvalue weighted by atomic mass is 16.3. The minimum Gasteiger partial charge on any atom is -0.465 e. The van der Waals surface area contributed by atoms with Crippen LogP contribution in [0.2, 0.25) is 0 Å². The van der Waals surface area contributed by atoms with Crippen molar-refractivity contribution in [2.75, 3.05) is 0 Å². The number of aryl methyl sites for hydroxylation is 1. The van der Waals surface area contributed by atoms with E-state index in [0.29, 0.717) is 6.54 Å². The zero-order valence-corrected chi connectivity index (χ0v) is 12.3. The van der Waals surface area contributed by atoms with E-state index < -0.39 is 6.04 Å². The molecule has 0 bridgehead atoms. The number of rotatable bonds is 6. The molecule has 110 valence electrons. The smallest absolute Gasteiger partial charge is 0.247 e. The maximum Gasteiger partial charge on any atom is 0.247 e. The van der Waals surface area contributed by atoms with Crippen molar-refractivity contribution in [2.45, 2.75) is 58.7 Å². The molecule has 5 heteroatoms. The second-order valence-corrected chi connectivity index (χ2v) is 5.22. The first-order valence-electron chi connectivity index (χ1n) is 7.21. The average molecular weight is 278 g/mol. The van der Waals surface area contributed by atoms with Gasteiger partial charge in [-0.2, -0.15) is 0 Å². The molecule has 1 aromatic heterocycles. The second kappa shape index (κ2) is 6.22. The van der Waals surface area contributed by atoms with E-state index in [9.17, 15) is 9.59 Å². The number of imide groups is 1. The quantitative estimate of drug-likeness (QED) is 0.808. The largest absolute Gasteiger partial charge is 0.465 e. The van der Waals surface area contributed by atoms with Gasteiger partial charge in [0.1, 0.15) is 11.5 Å². The molecule has 1 aliphatic rings. The average Bonchev–Trinajstić information content (AvgIpc) is 2.95. The molecule has 2 rings (SSSR count). The monoisotopic (exact) mass is 278 g/mol. The molecule has 1 unspecified atom stereocenters. The van der Waals surface area contributed by atoms with Crippen LogP contribution in [0.15, 0.2) is 16.5 Å². The fourth-order valence-electron chi connectivity index (χ4n) is 2.65. The number of hydrogen-bond donors (Lipinski definition) is 1. The zero-order valence-electron chi connectivity index (χ0n) is 12.3. The van der Waals surface area contributed by atoms with Crippen LogP contribution in [-0.2, 0) is 16.1 Å². The molecule has 2 heterocycles. The van der Waals surface area contributed by atoms with Crippen LogP contribution < -0.4 is 5.32 Å². The van der Waals surface area contributed by atoms with Crippen molar-refractivity contribution in [1.82, 2.24) is 10.2 Å². The third kappa shape index (κ3) is 2.93. The minimum absolute atomic E-state index is 0.0210. The van der Waals surface area contributed by atoms with E-state index in [0.717, 1.165) is 24.4 Å². The maximum atomic E-state index is 12.3. The van der Waals surface area contributed by atoms with Gasteiger partial charge in [0.25, 0.3) is 0 Å². The summed E-state index contributed by atoms with van der Waals surface area (Å²) in [7, 11) is 0. The summed E-state index contributed by atoms with van der Waals surface area (Å²) in [5.74, 6) is 1.45. The summed E-state index contributed by atoms with van der Waals surface area (Å²) < 4.78 is 5.45. The molecule has 20 heavy (non-hydrogen) atoms. The molecular formula is C15H22N2O3. The lowest BCUT2D eigenvalue weighted by Gasteiger charge is -2.24. The van der Waals surface area contributed by atoms with E-state index in [1.54, 1.807) is 0 Å². The van der Waals surface area contributed by atoms with Gasteiger partial charge in [-0.3, -0.25) is 19.8 Å². The fourth-order valence-corrected chi connectivity index (χ4v) is 2.65. The van der Waals surface area contributed by atoms with Crippen molar-refractivity contribution in [1.29, 1.82) is 0 Å². The number of carbonyl (C=O) groups is 2. The van der Waals surface area contributed by atoms with Crippen LogP contribution in [0.3, 0.4) is 0 Å². The maximum absolute atomic E-state index is 12.3. The Balaban J connectivity index is 1.97. The number of nitrogens with one attached hydrogen (secondary N) is 1. The van der Waals surface area contributed by atoms with Crippen LogP contribution >= 0.6 is 0 Å². The first-order valence-corrected chi connectivity index (χ1v) is 7.21. The van der Waals surface area contributed by atoms with E-state index in [4.69, 9.17) is 4.42 Å². The molecule has 0 saturated carbocycles. The van der Waals surface area contributed by atoms with Crippen LogP contribution in [0.1, 0.15) is 44.6 Å². The Morgan fingerprint density at radius 1 is 1.35 bits per heavy atom. The molecule has 2 amide bonds. The van der Waals surface area contributed by atoms with Gasteiger partial charge < -0.3 is 4.42 Å². The summed E-state index contributed by atoms with van der Waals surface area (Å²) in [6.07, 6.45) is 1.85. The normalized spacial score (nSPS) is 19.4. The lowest BCUT2D eigenvalue weighted by atomic mass is 10.1. The van der Waals surface area contributed by atoms with Gasteiger partial charge in [-0.05, 0) is 31.9 Å². The Hall–Kier alpha value is -1.62. The standard InChI is InChI=1S/C15H22N2O3/c1-4-11(5-2)17-14(18)8-13(15(17)19)16-9-12-7-6-10(3)20-12/h6-7,11,13,16H,4-5,8-9H2,1-3H3. The highest BCUT2D eigenvalue weighted by Gasteiger charge is 2.41. The van der Waals surface area contributed by atoms with Gasteiger partial charge >= 0.3 is 0 Å². The molecule has 0 radical (unpaired) electrons. The minimum atomic E-state index is -0.423. The van der Waals surface area contributed by atoms with E-state index in [1.807, 2.05) is 32.9 Å². The van der Waals surface area contributed by atoms with Gasteiger partial charge in [-0.1, -0.05) is 13.8 Å². The lowest BCUT2D eigenvalue weighted by Crippen LogP contribution is -2.43. The number of hydrogen-bond acceptors (Lipinski definition) is 4. The molecule has 1 N–H and O–H groups in total. The van der Waals surface area contributed by atoms with Crippen molar-refractivity contribution in [3.8, 4) is 0 Å². The molecule has 1 aliphatic heterocycles. The number of amides is 2. The van der Waals surface area contributed by atoms with E-state index >= 15 is 0 Å². The Labute approximate surface area is 119 Å². The van der Waals surface area contributed by atoms with E-state index in [-0.39, 0.29) is 24.3 Å². The molecule has 1 fully saturated rings. The summed E-state index contributed by atoms with van der Waals surface area (Å²) in [5, 5.41) is 3.12. The SMILES string of the molecule is CCC(CC)N1C(=O)CC(NCc2ccc(C)o2)C1=O. The molecular weight excluding hydrogens is 256 g/mol. The van der Waals surface area contributed by atoms with Crippen molar-refractivity contribution < 1.29 is 14.0 Å². The second-order valence-electron chi connectivity index (χ2n) is 5.22. The Morgan fingerprint density at radius 3 is 2.60 bits per heavy atom. The van der Waals surface area contributed by atoms with Crippen LogP contribution in [0.25, 0.3) is 0 Å². The summed E-state index contributed by atoms with van der Waals surface area (Å²) in [6, 6.07) is 3.36. The van der Waals surface area contributed by atoms with Crippen molar-refractivity contribution in [3.05, 3.63) is 23.7 Å². The number of likely N-dealkylation sites (tertiary alicyclic amines) is 1. The fraction of sp³-hybridized carbons (Fsp3) is 0.600. The van der Waals surface area contributed by atoms with Gasteiger partial charge in [-0.15, -0.1) is 0 Å². The summed E-state index contributed by atoms with van der Waals surface area (Å²) >= 11 is 0. The van der Waals surface area contributed by atoms with E-state index in [2.05, 4.69) is 5.32 Å². The zero-order chi connectivity index (χ0) is 14.7. The molecule has 0 aromatic carbocycles. The summed E-state index contributed by atoms with van der Waals surface area (Å²) in [5.41, 5.74) is 0. The third-order valence-corrected chi connectivity index (χ3v) is 3.81. The van der Waals surface area contributed by atoms with Crippen LogP contribution in [0.4, 0.5) is 0 Å². The third-order valence-electron chi connectivity index (χ3n) is 3.81. The van der Waals surface area contributed by atoms with Gasteiger partial charge in [0.15, 0.2) is 0 Å². The van der Waals surface area contributed by atoms with Crippen molar-refractivity contribution in [2.24, 2.45) is 0 Å². The Bertz CT molecular complexity index is 491. The highest BCUT2D eigenvalue weighted by Crippen LogP contribution is 2.20. The molecule has 0 aliphatic carbocycles. The highest BCUT2D eigenvalue weighted by molar-refractivity contribution is 6.05. The van der Waals surface area contributed by atoms with Crippen LogP contribution in [0.5, 0.6) is 0 Å². The molecule has 5 nitrogen and oxygen atoms in total. The molecule has 1 aromatic rings. The van der Waals surface area contributed by atoms with Crippen molar-refractivity contribution >= 4 is 11.8 Å². The van der Waals surface area contributed by atoms with Gasteiger partial charge in [0.2, 0.25) is 11.8 Å². The number of carbonyl (C=O) groups excluding carboxylic acids is 2. The first-order chi connectivity index (χ1) is 9.56. The molecule has 0 spiro atoms.